The van der Waals surface area contributed by atoms with Gasteiger partial charge in [-0.3, -0.25) is 0 Å². The first-order valence-electron chi connectivity index (χ1n) is 9.66. The molecule has 1 aromatic rings. The number of carbonyl (C=O) groups is 1. The number of terminal acetylenes is 1. The number of hydrogen-bond acceptors (Lipinski definition) is 3. The third-order valence-electron chi connectivity index (χ3n) is 5.85. The Bertz CT molecular complexity index is 790. The number of rotatable bonds is 5. The van der Waals surface area contributed by atoms with Gasteiger partial charge in [-0.05, 0) is 0 Å². The van der Waals surface area contributed by atoms with E-state index in [0.29, 0.717) is 11.2 Å². The van der Waals surface area contributed by atoms with Crippen molar-refractivity contribution in [3.63, 3.8) is 0 Å². The molecule has 1 radical (unpaired) electrons. The quantitative estimate of drug-likeness (QED) is 0.214. The first-order chi connectivity index (χ1) is 12.9. The maximum atomic E-state index is 13.0. The summed E-state index contributed by atoms with van der Waals surface area (Å²) >= 11 is 2.95. The summed E-state index contributed by atoms with van der Waals surface area (Å²) < 4.78 is 7.05. The molecule has 0 aromatic heterocycles. The Morgan fingerprint density at radius 1 is 1.36 bits per heavy atom. The van der Waals surface area contributed by atoms with E-state index in [1.807, 2.05) is 38.1 Å². The van der Waals surface area contributed by atoms with Crippen molar-refractivity contribution in [2.24, 2.45) is 10.9 Å². The number of aryl methyl sites for hydroxylation is 1. The summed E-state index contributed by atoms with van der Waals surface area (Å²) in [6, 6.07) is 7.78. The summed E-state index contributed by atoms with van der Waals surface area (Å²) in [7, 11) is -1.97. The van der Waals surface area contributed by atoms with Gasteiger partial charge in [-0.2, -0.15) is 0 Å². The van der Waals surface area contributed by atoms with Gasteiger partial charge in [0.1, 0.15) is 0 Å². The Labute approximate surface area is 179 Å². The molecule has 0 unspecified atom stereocenters. The van der Waals surface area contributed by atoms with Gasteiger partial charge in [-0.1, -0.05) is 0 Å². The van der Waals surface area contributed by atoms with E-state index in [-0.39, 0.29) is 29.0 Å². The number of carbonyl (C=O) groups excluding carboxylic acids is 1. The van der Waals surface area contributed by atoms with Crippen LogP contribution in [-0.2, 0) is 9.22 Å². The van der Waals surface area contributed by atoms with Crippen LogP contribution in [0.1, 0.15) is 39.7 Å². The molecule has 0 spiro atoms. The van der Waals surface area contributed by atoms with Crippen LogP contribution < -0.4 is 0 Å². The normalized spacial score (nSPS) is 21.9. The zero-order valence-electron chi connectivity index (χ0n) is 17.9. The van der Waals surface area contributed by atoms with Crippen molar-refractivity contribution in [1.29, 1.82) is 0 Å². The Morgan fingerprint density at radius 3 is 2.43 bits per heavy atom. The molecule has 3 atom stereocenters. The zero-order valence-corrected chi connectivity index (χ0v) is 20.7. The van der Waals surface area contributed by atoms with Gasteiger partial charge in [-0.25, -0.2) is 0 Å². The second kappa shape index (κ2) is 8.55. The second-order valence-corrected chi connectivity index (χ2v) is 14.5. The number of amides is 1. The van der Waals surface area contributed by atoms with E-state index in [2.05, 4.69) is 60.8 Å². The zero-order chi connectivity index (χ0) is 21.3. The molecule has 0 saturated carbocycles. The molecule has 1 saturated heterocycles. The Kier molecular flexibility index (Phi) is 6.99. The Hall–Kier alpha value is -1.38. The minimum absolute atomic E-state index is 0.0241. The molecule has 0 N–H and O–H groups in total. The molecule has 2 rings (SSSR count). The fourth-order valence-corrected chi connectivity index (χ4v) is 5.28. The van der Waals surface area contributed by atoms with Crippen LogP contribution >= 0.6 is 0 Å². The molecule has 0 aliphatic carbocycles. The Balaban J connectivity index is 2.20. The van der Waals surface area contributed by atoms with E-state index in [0.717, 1.165) is 5.69 Å². The van der Waals surface area contributed by atoms with Gasteiger partial charge in [-0.15, -0.1) is 0 Å². The molecule has 28 heavy (non-hydrogen) atoms. The predicted molar refractivity (Wildman–Crippen MR) is 119 cm³/mol. The van der Waals surface area contributed by atoms with Crippen molar-refractivity contribution < 1.29 is 9.22 Å². The molecule has 1 fully saturated rings. The average molecular weight is 463 g/mol. The van der Waals surface area contributed by atoms with Crippen LogP contribution in [0.15, 0.2) is 29.3 Å². The van der Waals surface area contributed by atoms with Crippen LogP contribution in [0.4, 0.5) is 5.69 Å². The number of likely N-dealkylation sites (tertiary alicyclic amines) is 1. The van der Waals surface area contributed by atoms with Gasteiger partial charge in [0.05, 0.1) is 0 Å². The van der Waals surface area contributed by atoms with E-state index < -0.39 is 8.32 Å². The summed E-state index contributed by atoms with van der Waals surface area (Å²) in [5.74, 6) is 2.51. The summed E-state index contributed by atoms with van der Waals surface area (Å²) in [5.41, 5.74) is 1.98. The molecule has 1 amide bonds. The monoisotopic (exact) mass is 463 g/mol. The van der Waals surface area contributed by atoms with Crippen LogP contribution in [0, 0.1) is 25.2 Å². The maximum absolute atomic E-state index is 13.0. The molecule has 1 aliphatic rings. The van der Waals surface area contributed by atoms with Crippen molar-refractivity contribution in [3.8, 4) is 12.3 Å². The first kappa shape index (κ1) is 22.9. The second-order valence-electron chi connectivity index (χ2n) is 9.02. The molecule has 1 aliphatic heterocycles. The van der Waals surface area contributed by atoms with Crippen molar-refractivity contribution in [3.05, 3.63) is 29.8 Å². The fourth-order valence-electron chi connectivity index (χ4n) is 3.15. The van der Waals surface area contributed by atoms with Crippen molar-refractivity contribution in [1.82, 2.24) is 4.90 Å². The summed E-state index contributed by atoms with van der Waals surface area (Å²) in [6.07, 6.45) is 5.92. The number of benzene rings is 1. The SMILES string of the molecule is C#CC[C@@H]1[C@@H]([C@@H](C)O[Si](C)(C)C(C)(C)C)C(=O)N1C([Se])=Nc1ccc(C)cc1. The van der Waals surface area contributed by atoms with Crippen LogP contribution in [0.25, 0.3) is 0 Å². The third-order valence-corrected chi connectivity index (χ3v) is 11.0. The summed E-state index contributed by atoms with van der Waals surface area (Å²) in [4.78, 5) is 19.3. The van der Waals surface area contributed by atoms with Gasteiger partial charge < -0.3 is 0 Å². The topological polar surface area (TPSA) is 41.9 Å². The van der Waals surface area contributed by atoms with E-state index in [1.54, 1.807) is 4.90 Å². The number of aliphatic imine (C=N–C) groups is 1. The van der Waals surface area contributed by atoms with Gasteiger partial charge >= 0.3 is 179 Å². The van der Waals surface area contributed by atoms with Gasteiger partial charge in [0, 0.05) is 0 Å². The van der Waals surface area contributed by atoms with Crippen LogP contribution in [0.2, 0.25) is 18.1 Å². The van der Waals surface area contributed by atoms with Crippen LogP contribution in [0.3, 0.4) is 0 Å². The predicted octanol–water partition coefficient (Wildman–Crippen LogP) is 4.41. The number of amidine groups is 1. The molecule has 6 heteroatoms. The van der Waals surface area contributed by atoms with E-state index >= 15 is 0 Å². The van der Waals surface area contributed by atoms with Crippen molar-refractivity contribution >= 4 is 40.7 Å². The minimum atomic E-state index is -1.97. The van der Waals surface area contributed by atoms with E-state index in [1.165, 1.54) is 5.56 Å². The summed E-state index contributed by atoms with van der Waals surface area (Å²) in [5, 5.41) is 0.0892. The molecule has 4 nitrogen and oxygen atoms in total. The van der Waals surface area contributed by atoms with Gasteiger partial charge in [0.15, 0.2) is 0 Å². The standard InChI is InChI=1S/C22H31N2O2SeSi/c1-9-10-18-19(16(3)26-28(7,8)22(4,5)6)20(25)24(18)21(27)23-17-13-11-15(2)12-14-17/h1,11-14,16,18-19H,10H2,2-8H3/t16-,18-,19-/m1/s1. The van der Waals surface area contributed by atoms with Gasteiger partial charge in [0.2, 0.25) is 0 Å². The van der Waals surface area contributed by atoms with Crippen LogP contribution in [0.5, 0.6) is 0 Å². The Morgan fingerprint density at radius 2 is 1.93 bits per heavy atom. The van der Waals surface area contributed by atoms with Gasteiger partial charge in [0.25, 0.3) is 0 Å². The van der Waals surface area contributed by atoms with Crippen molar-refractivity contribution in [2.45, 2.75) is 71.3 Å². The number of nitrogens with zero attached hydrogens (tertiary/aromatic N) is 2. The first-order valence-corrected chi connectivity index (χ1v) is 13.4. The molecular weight excluding hydrogens is 431 g/mol. The third kappa shape index (κ3) is 4.78. The van der Waals surface area contributed by atoms with Crippen molar-refractivity contribution in [2.75, 3.05) is 0 Å². The summed E-state index contributed by atoms with van der Waals surface area (Å²) in [6.45, 7) is 15.0. The molecule has 1 heterocycles. The number of β-lactam (4-membered cyclic amide) rings is 1. The molecular formula is C22H31N2O2SeSi. The molecule has 0 bridgehead atoms. The van der Waals surface area contributed by atoms with E-state index in [4.69, 9.17) is 10.8 Å². The number of hydrogen-bond donors (Lipinski definition) is 0. The molecule has 151 valence electrons. The molecule has 1 aromatic carbocycles. The van der Waals surface area contributed by atoms with E-state index in [9.17, 15) is 4.79 Å². The van der Waals surface area contributed by atoms with Crippen LogP contribution in [-0.4, -0.2) is 52.0 Å². The fraction of sp³-hybridized carbons (Fsp3) is 0.545. The average Bonchev–Trinajstić information content (AvgIpc) is 2.55.